The molecule has 0 saturated heterocycles. The lowest BCUT2D eigenvalue weighted by Crippen LogP contribution is -2.37. The number of aliphatic hydroxyl groups is 1. The average molecular weight is 398 g/mol. The van der Waals surface area contributed by atoms with Crippen molar-refractivity contribution in [3.8, 4) is 11.5 Å². The van der Waals surface area contributed by atoms with Gasteiger partial charge < -0.3 is 20.1 Å². The molecule has 0 amide bonds. The molecule has 0 aliphatic carbocycles. The van der Waals surface area contributed by atoms with Crippen molar-refractivity contribution < 1.29 is 24.9 Å². The van der Waals surface area contributed by atoms with Gasteiger partial charge >= 0.3 is 5.97 Å². The molecule has 29 heavy (non-hydrogen) atoms. The van der Waals surface area contributed by atoms with E-state index in [1.807, 2.05) is 6.92 Å². The highest BCUT2D eigenvalue weighted by atomic mass is 16.6. The van der Waals surface area contributed by atoms with E-state index >= 15 is 0 Å². The summed E-state index contributed by atoms with van der Waals surface area (Å²) in [6, 6.07) is 4.05. The zero-order valence-corrected chi connectivity index (χ0v) is 16.8. The molecule has 2 atom stereocenters. The lowest BCUT2D eigenvalue weighted by Gasteiger charge is -2.31. The Morgan fingerprint density at radius 1 is 1.14 bits per heavy atom. The monoisotopic (exact) mass is 398 g/mol. The molecule has 0 aliphatic heterocycles. The van der Waals surface area contributed by atoms with Crippen molar-refractivity contribution in [2.45, 2.75) is 45.3 Å². The lowest BCUT2D eigenvalue weighted by atomic mass is 9.92. The zero-order valence-electron chi connectivity index (χ0n) is 16.8. The fraction of sp³-hybridized carbons (Fsp3) is 0.318. The van der Waals surface area contributed by atoms with Crippen LogP contribution in [0.15, 0.2) is 43.5 Å². The number of phenolic OH excluding ortho intramolecular Hbond substituents is 2. The molecule has 2 aromatic rings. The number of aromatic nitrogens is 2. The van der Waals surface area contributed by atoms with Gasteiger partial charge in [-0.1, -0.05) is 18.7 Å². The van der Waals surface area contributed by atoms with Crippen molar-refractivity contribution in [2.75, 3.05) is 0 Å². The zero-order chi connectivity index (χ0) is 21.8. The smallest absolute Gasteiger partial charge is 0.336 e. The molecule has 0 radical (unpaired) electrons. The number of hydrogen-bond donors (Lipinski definition) is 3. The number of rotatable bonds is 8. The summed E-state index contributed by atoms with van der Waals surface area (Å²) in [4.78, 5) is 21.7. The second-order valence-corrected chi connectivity index (χ2v) is 6.88. The van der Waals surface area contributed by atoms with Gasteiger partial charge in [0.25, 0.3) is 0 Å². The standard InChI is InChI=1S/C22H26N2O5/c1-6-10-22(7-2,20-15(5)23-13(3)14(4)24-20)29-21(28)19(27)12-16-8-9-17(25)18(26)11-16/h6-9,11,19,25-27H,1-2,10,12H2,3-5H3/t19-,22?/m1/s1. The molecule has 3 N–H and O–H groups in total. The number of carbonyl (C=O) groups is 1. The van der Waals surface area contributed by atoms with Gasteiger partial charge in [-0.25, -0.2) is 9.78 Å². The Morgan fingerprint density at radius 3 is 2.38 bits per heavy atom. The topological polar surface area (TPSA) is 113 Å². The molecule has 1 aromatic heterocycles. The van der Waals surface area contributed by atoms with E-state index in [4.69, 9.17) is 4.74 Å². The molecule has 0 spiro atoms. The molecule has 7 nitrogen and oxygen atoms in total. The number of aromatic hydroxyl groups is 2. The third kappa shape index (κ3) is 4.81. The number of esters is 1. The second kappa shape index (κ2) is 8.87. The fourth-order valence-electron chi connectivity index (χ4n) is 2.99. The summed E-state index contributed by atoms with van der Waals surface area (Å²) in [5.74, 6) is -1.50. The number of carbonyl (C=O) groups excluding carboxylic acids is 1. The predicted octanol–water partition coefficient (Wildman–Crippen LogP) is 2.92. The van der Waals surface area contributed by atoms with Gasteiger partial charge in [-0.2, -0.15) is 0 Å². The minimum absolute atomic E-state index is 0.106. The first kappa shape index (κ1) is 22.1. The van der Waals surface area contributed by atoms with Gasteiger partial charge in [0.05, 0.1) is 17.1 Å². The molecule has 154 valence electrons. The largest absolute Gasteiger partial charge is 0.504 e. The third-order valence-electron chi connectivity index (χ3n) is 4.68. The van der Waals surface area contributed by atoms with Crippen molar-refractivity contribution in [2.24, 2.45) is 0 Å². The Hall–Kier alpha value is -3.19. The number of phenols is 2. The van der Waals surface area contributed by atoms with Crippen LogP contribution in [-0.2, 0) is 21.6 Å². The first-order valence-electron chi connectivity index (χ1n) is 9.12. The molecular weight excluding hydrogens is 372 g/mol. The fourth-order valence-corrected chi connectivity index (χ4v) is 2.99. The van der Waals surface area contributed by atoms with Crippen LogP contribution in [-0.4, -0.2) is 37.4 Å². The molecule has 1 heterocycles. The first-order valence-corrected chi connectivity index (χ1v) is 9.12. The van der Waals surface area contributed by atoms with Crippen LogP contribution >= 0.6 is 0 Å². The molecule has 0 aliphatic rings. The van der Waals surface area contributed by atoms with Crippen molar-refractivity contribution in [3.05, 3.63) is 71.8 Å². The SMILES string of the molecule is C=CCC(C=C)(OC(=O)[C@H](O)Cc1ccc(O)c(O)c1)c1nc(C)c(C)nc1C. The van der Waals surface area contributed by atoms with Gasteiger partial charge in [0.1, 0.15) is 5.69 Å². The van der Waals surface area contributed by atoms with Gasteiger partial charge in [-0.3, -0.25) is 4.98 Å². The van der Waals surface area contributed by atoms with Gasteiger partial charge in [-0.05, 0) is 44.5 Å². The highest BCUT2D eigenvalue weighted by molar-refractivity contribution is 5.75. The first-order chi connectivity index (χ1) is 13.6. The predicted molar refractivity (Wildman–Crippen MR) is 109 cm³/mol. The average Bonchev–Trinajstić information content (AvgIpc) is 2.67. The van der Waals surface area contributed by atoms with E-state index in [1.165, 1.54) is 24.3 Å². The summed E-state index contributed by atoms with van der Waals surface area (Å²) in [7, 11) is 0. The minimum atomic E-state index is -1.50. The van der Waals surface area contributed by atoms with E-state index < -0.39 is 17.7 Å². The van der Waals surface area contributed by atoms with Crippen molar-refractivity contribution in [1.82, 2.24) is 9.97 Å². The summed E-state index contributed by atoms with van der Waals surface area (Å²) in [5.41, 5.74) is 1.60. The van der Waals surface area contributed by atoms with Crippen molar-refractivity contribution in [1.29, 1.82) is 0 Å². The third-order valence-corrected chi connectivity index (χ3v) is 4.68. The van der Waals surface area contributed by atoms with Crippen LogP contribution in [0.3, 0.4) is 0 Å². The van der Waals surface area contributed by atoms with E-state index in [2.05, 4.69) is 23.1 Å². The van der Waals surface area contributed by atoms with Gasteiger partial charge in [-0.15, -0.1) is 6.58 Å². The molecule has 7 heteroatoms. The van der Waals surface area contributed by atoms with Crippen LogP contribution in [0.4, 0.5) is 0 Å². The number of nitrogens with zero attached hydrogens (tertiary/aromatic N) is 2. The van der Waals surface area contributed by atoms with E-state index in [-0.39, 0.29) is 24.3 Å². The summed E-state index contributed by atoms with van der Waals surface area (Å²) in [6.07, 6.45) is 1.63. The summed E-state index contributed by atoms with van der Waals surface area (Å²) < 4.78 is 5.68. The molecule has 0 saturated carbocycles. The van der Waals surface area contributed by atoms with Crippen LogP contribution in [0, 0.1) is 20.8 Å². The Kier molecular flexibility index (Phi) is 6.76. The summed E-state index contributed by atoms with van der Waals surface area (Å²) in [6.45, 7) is 12.9. The Bertz CT molecular complexity index is 941. The molecule has 2 rings (SSSR count). The molecule has 0 bridgehead atoms. The minimum Gasteiger partial charge on any atom is -0.504 e. The normalized spacial score (nSPS) is 13.9. The van der Waals surface area contributed by atoms with E-state index in [0.29, 0.717) is 22.6 Å². The molecule has 0 fully saturated rings. The maximum Gasteiger partial charge on any atom is 0.336 e. The quantitative estimate of drug-likeness (QED) is 0.356. The number of benzene rings is 1. The Labute approximate surface area is 170 Å². The highest BCUT2D eigenvalue weighted by Crippen LogP contribution is 2.33. The maximum absolute atomic E-state index is 12.7. The second-order valence-electron chi connectivity index (χ2n) is 6.88. The van der Waals surface area contributed by atoms with Crippen LogP contribution in [0.25, 0.3) is 0 Å². The Morgan fingerprint density at radius 2 is 1.79 bits per heavy atom. The van der Waals surface area contributed by atoms with Crippen LogP contribution in [0.5, 0.6) is 11.5 Å². The molecule has 1 unspecified atom stereocenters. The number of hydrogen-bond acceptors (Lipinski definition) is 7. The van der Waals surface area contributed by atoms with Crippen molar-refractivity contribution in [3.63, 3.8) is 0 Å². The number of aryl methyl sites for hydroxylation is 3. The molecule has 1 aromatic carbocycles. The van der Waals surface area contributed by atoms with E-state index in [0.717, 1.165) is 5.69 Å². The van der Waals surface area contributed by atoms with Crippen LogP contribution in [0.1, 0.15) is 34.8 Å². The maximum atomic E-state index is 12.7. The summed E-state index contributed by atoms with van der Waals surface area (Å²) >= 11 is 0. The van der Waals surface area contributed by atoms with Gasteiger partial charge in [0.2, 0.25) is 0 Å². The number of ether oxygens (including phenoxy) is 1. The Balaban J connectivity index is 2.32. The van der Waals surface area contributed by atoms with E-state index in [1.54, 1.807) is 19.9 Å². The number of aliphatic hydroxyl groups excluding tert-OH is 1. The van der Waals surface area contributed by atoms with E-state index in [9.17, 15) is 20.1 Å². The van der Waals surface area contributed by atoms with Gasteiger partial charge in [0.15, 0.2) is 23.2 Å². The lowest BCUT2D eigenvalue weighted by molar-refractivity contribution is -0.166. The van der Waals surface area contributed by atoms with Crippen molar-refractivity contribution >= 4 is 5.97 Å². The van der Waals surface area contributed by atoms with Crippen LogP contribution in [0.2, 0.25) is 0 Å². The summed E-state index contributed by atoms with van der Waals surface area (Å²) in [5, 5.41) is 29.3. The highest BCUT2D eigenvalue weighted by Gasteiger charge is 2.38. The van der Waals surface area contributed by atoms with Gasteiger partial charge in [0, 0.05) is 12.8 Å². The van der Waals surface area contributed by atoms with Crippen LogP contribution < -0.4 is 0 Å². The molecular formula is C22H26N2O5.